The van der Waals surface area contributed by atoms with Crippen LogP contribution in [0.1, 0.15) is 0 Å². The Hall–Kier alpha value is -1.00. The molecule has 2 aromatic rings. The Labute approximate surface area is 110 Å². The molecular formula is C12H8Br2O2. The molecule has 2 nitrogen and oxygen atoms in total. The molecule has 0 aliphatic heterocycles. The Morgan fingerprint density at radius 2 is 1.06 bits per heavy atom. The summed E-state index contributed by atoms with van der Waals surface area (Å²) in [5.74, 6) is 0.427. The van der Waals surface area contributed by atoms with Crippen LogP contribution >= 0.6 is 31.9 Å². The molecule has 0 fully saturated rings. The Kier molecular flexibility index (Phi) is 3.21. The van der Waals surface area contributed by atoms with Gasteiger partial charge in [0.1, 0.15) is 11.5 Å². The summed E-state index contributed by atoms with van der Waals surface area (Å²) in [6.45, 7) is 0. The lowest BCUT2D eigenvalue weighted by atomic mass is 10.1. The summed E-state index contributed by atoms with van der Waals surface area (Å²) < 4.78 is 1.61. The molecule has 16 heavy (non-hydrogen) atoms. The first kappa shape index (κ1) is 11.5. The van der Waals surface area contributed by atoms with Gasteiger partial charge in [0.05, 0.1) is 0 Å². The zero-order valence-corrected chi connectivity index (χ0v) is 11.3. The standard InChI is InChI=1S/C12H8Br2O2/c13-11-5-7(15)1-3-9(11)10-4-2-8(16)6-12(10)14/h1-6,15-16H. The van der Waals surface area contributed by atoms with Crippen LogP contribution in [0.25, 0.3) is 11.1 Å². The molecule has 0 aliphatic carbocycles. The first-order valence-electron chi connectivity index (χ1n) is 4.55. The second-order valence-corrected chi connectivity index (χ2v) is 5.04. The van der Waals surface area contributed by atoms with Crippen LogP contribution in [0.5, 0.6) is 11.5 Å². The van der Waals surface area contributed by atoms with Crippen LogP contribution < -0.4 is 0 Å². The van der Waals surface area contributed by atoms with E-state index < -0.39 is 0 Å². The lowest BCUT2D eigenvalue weighted by molar-refractivity contribution is 0.474. The predicted molar refractivity (Wildman–Crippen MR) is 70.6 cm³/mol. The molecule has 0 radical (unpaired) electrons. The van der Waals surface area contributed by atoms with E-state index in [-0.39, 0.29) is 11.5 Å². The number of aromatic hydroxyl groups is 2. The van der Waals surface area contributed by atoms with E-state index in [0.717, 1.165) is 20.1 Å². The molecule has 2 rings (SSSR count). The second kappa shape index (κ2) is 4.47. The van der Waals surface area contributed by atoms with Gasteiger partial charge in [0.25, 0.3) is 0 Å². The lowest BCUT2D eigenvalue weighted by Crippen LogP contribution is -1.81. The van der Waals surface area contributed by atoms with Crippen LogP contribution in [0.15, 0.2) is 45.3 Å². The fourth-order valence-corrected chi connectivity index (χ4v) is 2.61. The van der Waals surface area contributed by atoms with Crippen molar-refractivity contribution in [1.82, 2.24) is 0 Å². The zero-order valence-electron chi connectivity index (χ0n) is 8.11. The summed E-state index contributed by atoms with van der Waals surface area (Å²) in [4.78, 5) is 0. The first-order chi connectivity index (χ1) is 7.58. The SMILES string of the molecule is Oc1ccc(-c2ccc(O)cc2Br)c(Br)c1. The average molecular weight is 344 g/mol. The molecule has 4 heteroatoms. The summed E-state index contributed by atoms with van der Waals surface area (Å²) in [5, 5.41) is 18.6. The molecular weight excluding hydrogens is 336 g/mol. The van der Waals surface area contributed by atoms with Gasteiger partial charge in [-0.25, -0.2) is 0 Å². The Morgan fingerprint density at radius 3 is 1.38 bits per heavy atom. The molecule has 0 saturated carbocycles. The summed E-state index contributed by atoms with van der Waals surface area (Å²) in [6, 6.07) is 10.1. The van der Waals surface area contributed by atoms with E-state index in [1.165, 1.54) is 0 Å². The maximum absolute atomic E-state index is 9.32. The smallest absolute Gasteiger partial charge is 0.116 e. The van der Waals surface area contributed by atoms with E-state index in [9.17, 15) is 10.2 Å². The highest BCUT2D eigenvalue weighted by Gasteiger charge is 2.08. The molecule has 2 N–H and O–H groups in total. The predicted octanol–water partition coefficient (Wildman–Crippen LogP) is 4.29. The van der Waals surface area contributed by atoms with Crippen LogP contribution in [-0.4, -0.2) is 10.2 Å². The summed E-state index contributed by atoms with van der Waals surface area (Å²) in [5.41, 5.74) is 1.90. The maximum atomic E-state index is 9.32. The third-order valence-electron chi connectivity index (χ3n) is 2.20. The number of phenolic OH excluding ortho intramolecular Hbond substituents is 2. The number of rotatable bonds is 1. The normalized spacial score (nSPS) is 10.4. The van der Waals surface area contributed by atoms with Gasteiger partial charge in [0.15, 0.2) is 0 Å². The topological polar surface area (TPSA) is 40.5 Å². The Balaban J connectivity index is 2.59. The van der Waals surface area contributed by atoms with Crippen molar-refractivity contribution in [3.8, 4) is 22.6 Å². The molecule has 0 amide bonds. The number of benzene rings is 2. The molecule has 0 aliphatic rings. The van der Waals surface area contributed by atoms with E-state index in [4.69, 9.17) is 0 Å². The second-order valence-electron chi connectivity index (χ2n) is 3.33. The minimum atomic E-state index is 0.213. The van der Waals surface area contributed by atoms with Crippen molar-refractivity contribution in [1.29, 1.82) is 0 Å². The van der Waals surface area contributed by atoms with Gasteiger partial charge in [0, 0.05) is 8.95 Å². The van der Waals surface area contributed by atoms with Gasteiger partial charge >= 0.3 is 0 Å². The minimum Gasteiger partial charge on any atom is -0.508 e. The van der Waals surface area contributed by atoms with Crippen molar-refractivity contribution in [3.63, 3.8) is 0 Å². The van der Waals surface area contributed by atoms with Crippen LogP contribution in [0.4, 0.5) is 0 Å². The molecule has 0 bridgehead atoms. The van der Waals surface area contributed by atoms with Gasteiger partial charge in [-0.1, -0.05) is 31.9 Å². The summed E-state index contributed by atoms with van der Waals surface area (Å²) >= 11 is 6.79. The highest BCUT2D eigenvalue weighted by molar-refractivity contribution is 9.11. The quantitative estimate of drug-likeness (QED) is 0.810. The largest absolute Gasteiger partial charge is 0.508 e. The fourth-order valence-electron chi connectivity index (χ4n) is 1.44. The van der Waals surface area contributed by atoms with Crippen LogP contribution in [-0.2, 0) is 0 Å². The van der Waals surface area contributed by atoms with Crippen molar-refractivity contribution < 1.29 is 10.2 Å². The van der Waals surface area contributed by atoms with Crippen molar-refractivity contribution in [2.75, 3.05) is 0 Å². The van der Waals surface area contributed by atoms with Crippen molar-refractivity contribution >= 4 is 31.9 Å². The molecule has 0 saturated heterocycles. The highest BCUT2D eigenvalue weighted by atomic mass is 79.9. The lowest BCUT2D eigenvalue weighted by Gasteiger charge is -2.08. The van der Waals surface area contributed by atoms with Crippen molar-refractivity contribution in [2.24, 2.45) is 0 Å². The summed E-state index contributed by atoms with van der Waals surface area (Å²) in [7, 11) is 0. The molecule has 82 valence electrons. The highest BCUT2D eigenvalue weighted by Crippen LogP contribution is 2.36. The van der Waals surface area contributed by atoms with Crippen LogP contribution in [0, 0.1) is 0 Å². The van der Waals surface area contributed by atoms with Gasteiger partial charge in [-0.05, 0) is 47.5 Å². The third kappa shape index (κ3) is 2.23. The average Bonchev–Trinajstić information content (AvgIpc) is 2.19. The number of hydrogen-bond donors (Lipinski definition) is 2. The van der Waals surface area contributed by atoms with E-state index >= 15 is 0 Å². The van der Waals surface area contributed by atoms with E-state index in [2.05, 4.69) is 31.9 Å². The minimum absolute atomic E-state index is 0.213. The monoisotopic (exact) mass is 342 g/mol. The van der Waals surface area contributed by atoms with E-state index in [1.54, 1.807) is 24.3 Å². The van der Waals surface area contributed by atoms with Crippen molar-refractivity contribution in [2.45, 2.75) is 0 Å². The molecule has 0 unspecified atom stereocenters. The molecule has 0 atom stereocenters. The maximum Gasteiger partial charge on any atom is 0.116 e. The zero-order chi connectivity index (χ0) is 11.7. The molecule has 0 aromatic heterocycles. The molecule has 0 spiro atoms. The van der Waals surface area contributed by atoms with Gasteiger partial charge in [-0.3, -0.25) is 0 Å². The number of phenols is 2. The first-order valence-corrected chi connectivity index (χ1v) is 6.14. The van der Waals surface area contributed by atoms with E-state index in [1.807, 2.05) is 12.1 Å². The van der Waals surface area contributed by atoms with Crippen molar-refractivity contribution in [3.05, 3.63) is 45.3 Å². The third-order valence-corrected chi connectivity index (χ3v) is 3.51. The number of halogens is 2. The molecule has 0 heterocycles. The Bertz CT molecular complexity index is 489. The van der Waals surface area contributed by atoms with Gasteiger partial charge in [-0.15, -0.1) is 0 Å². The van der Waals surface area contributed by atoms with Gasteiger partial charge in [-0.2, -0.15) is 0 Å². The fraction of sp³-hybridized carbons (Fsp3) is 0. The van der Waals surface area contributed by atoms with Gasteiger partial charge in [0.2, 0.25) is 0 Å². The van der Waals surface area contributed by atoms with Crippen LogP contribution in [0.2, 0.25) is 0 Å². The van der Waals surface area contributed by atoms with Gasteiger partial charge < -0.3 is 10.2 Å². The number of hydrogen-bond acceptors (Lipinski definition) is 2. The van der Waals surface area contributed by atoms with Crippen LogP contribution in [0.3, 0.4) is 0 Å². The van der Waals surface area contributed by atoms with E-state index in [0.29, 0.717) is 0 Å². The summed E-state index contributed by atoms with van der Waals surface area (Å²) in [6.07, 6.45) is 0. The molecule has 2 aromatic carbocycles. The Morgan fingerprint density at radius 1 is 0.688 bits per heavy atom.